The van der Waals surface area contributed by atoms with Crippen molar-refractivity contribution in [2.75, 3.05) is 6.61 Å². The predicted molar refractivity (Wildman–Crippen MR) is 80.9 cm³/mol. The molecule has 20 heavy (non-hydrogen) atoms. The van der Waals surface area contributed by atoms with Crippen LogP contribution in [-0.2, 0) is 0 Å². The van der Waals surface area contributed by atoms with E-state index in [0.29, 0.717) is 0 Å². The lowest BCUT2D eigenvalue weighted by atomic mass is 10.0. The summed E-state index contributed by atoms with van der Waals surface area (Å²) in [5, 5.41) is 44.1. The highest BCUT2D eigenvalue weighted by atomic mass is 32.1. The normalized spacial score (nSPS) is 16.5. The number of nitrogens with one attached hydrogen (secondary N) is 2. The number of thiocarbonyl (C=S) groups is 2. The largest absolute Gasteiger partial charge is 0.394 e. The molecule has 0 amide bonds. The molecule has 0 aromatic rings. The molecule has 0 aliphatic carbocycles. The first-order chi connectivity index (χ1) is 9.29. The summed E-state index contributed by atoms with van der Waals surface area (Å²) in [6.07, 6.45) is -3.97. The van der Waals surface area contributed by atoms with Crippen LogP contribution >= 0.6 is 24.4 Å². The Balaban J connectivity index is 5.00. The van der Waals surface area contributed by atoms with Crippen LogP contribution in [0.1, 0.15) is 0 Å². The number of rotatable bonds is 7. The van der Waals surface area contributed by atoms with Crippen LogP contribution in [0.25, 0.3) is 0 Å². The van der Waals surface area contributed by atoms with Crippen molar-refractivity contribution in [3.05, 3.63) is 0 Å². The zero-order chi connectivity index (χ0) is 15.7. The molecule has 0 saturated heterocycles. The third-order valence-corrected chi connectivity index (χ3v) is 2.06. The Labute approximate surface area is 125 Å². The van der Waals surface area contributed by atoms with Crippen molar-refractivity contribution in [3.63, 3.8) is 0 Å². The highest BCUT2D eigenvalue weighted by molar-refractivity contribution is 7.80. The molecule has 114 valence electrons. The summed E-state index contributed by atoms with van der Waals surface area (Å²) in [4.78, 5) is 0. The highest BCUT2D eigenvalue weighted by Crippen LogP contribution is 2.01. The molecular formula is C8H16N6O4S2. The highest BCUT2D eigenvalue weighted by Gasteiger charge is 2.27. The number of nitrogens with two attached hydrogens (primary N) is 2. The SMILES string of the molecule is NC(=S)N/N=C(/C=N/NC(N)=S)[C@H](O)[C@H](O)[C@H](O)CO. The number of nitrogens with zero attached hydrogens (tertiary/aromatic N) is 2. The first-order valence-corrected chi connectivity index (χ1v) is 5.97. The van der Waals surface area contributed by atoms with Gasteiger partial charge in [-0.3, -0.25) is 10.9 Å². The zero-order valence-electron chi connectivity index (χ0n) is 10.2. The Morgan fingerprint density at radius 3 is 2.15 bits per heavy atom. The standard InChI is InChI=1S/C8H16N6O4S2/c9-7(19)13-11-1-3(12-14-8(10)20)5(17)6(18)4(16)2-15/h1,4-6,15-18H,2H2,(H3,9,13,19)(H3,10,14,20)/b11-1+,12-3-/t4-,5+,6-/m1/s1. The third-order valence-electron chi connectivity index (χ3n) is 1.87. The van der Waals surface area contributed by atoms with Crippen LogP contribution < -0.4 is 22.3 Å². The molecule has 0 bridgehead atoms. The molecule has 0 unspecified atom stereocenters. The Bertz CT molecular complexity index is 404. The molecule has 10 N–H and O–H groups in total. The fourth-order valence-electron chi connectivity index (χ4n) is 0.946. The minimum atomic E-state index is -1.71. The molecule has 0 rings (SSSR count). The number of hydrogen-bond donors (Lipinski definition) is 8. The predicted octanol–water partition coefficient (Wildman–Crippen LogP) is -3.93. The second-order valence-electron chi connectivity index (χ2n) is 3.43. The fraction of sp³-hybridized carbons (Fsp3) is 0.500. The molecular weight excluding hydrogens is 308 g/mol. The minimum absolute atomic E-state index is 0.131. The van der Waals surface area contributed by atoms with E-state index in [4.69, 9.17) is 16.6 Å². The summed E-state index contributed by atoms with van der Waals surface area (Å²) < 4.78 is 0. The van der Waals surface area contributed by atoms with Gasteiger partial charge in [-0.2, -0.15) is 10.2 Å². The third kappa shape index (κ3) is 7.22. The maximum atomic E-state index is 9.80. The molecule has 12 heteroatoms. The average molecular weight is 324 g/mol. The molecule has 0 aliphatic heterocycles. The van der Waals surface area contributed by atoms with Gasteiger partial charge >= 0.3 is 0 Å². The average Bonchev–Trinajstić information content (AvgIpc) is 2.39. The fourth-order valence-corrected chi connectivity index (χ4v) is 1.04. The topological polar surface area (TPSA) is 182 Å². The molecule has 0 saturated carbocycles. The zero-order valence-corrected chi connectivity index (χ0v) is 11.8. The van der Waals surface area contributed by atoms with Gasteiger partial charge in [-0.1, -0.05) is 0 Å². The molecule has 0 aromatic heterocycles. The number of aliphatic hydroxyl groups excluding tert-OH is 4. The Morgan fingerprint density at radius 1 is 1.15 bits per heavy atom. The summed E-state index contributed by atoms with van der Waals surface area (Å²) in [5.74, 6) is 0. The Hall–Kier alpha value is -1.44. The lowest BCUT2D eigenvalue weighted by Crippen LogP contribution is -2.45. The first-order valence-electron chi connectivity index (χ1n) is 5.16. The van der Waals surface area contributed by atoms with Crippen molar-refractivity contribution in [2.45, 2.75) is 18.3 Å². The number of hydrazone groups is 2. The first kappa shape index (κ1) is 18.6. The van der Waals surface area contributed by atoms with Gasteiger partial charge in [0.2, 0.25) is 0 Å². The summed E-state index contributed by atoms with van der Waals surface area (Å²) in [6.45, 7) is -0.753. The van der Waals surface area contributed by atoms with E-state index in [9.17, 15) is 15.3 Å². The molecule has 0 fully saturated rings. The van der Waals surface area contributed by atoms with Crippen molar-refractivity contribution in [1.82, 2.24) is 10.9 Å². The molecule has 0 radical (unpaired) electrons. The van der Waals surface area contributed by atoms with Crippen molar-refractivity contribution >= 4 is 46.6 Å². The van der Waals surface area contributed by atoms with E-state index in [2.05, 4.69) is 45.5 Å². The molecule has 0 spiro atoms. The molecule has 0 aromatic carbocycles. The van der Waals surface area contributed by atoms with E-state index < -0.39 is 24.9 Å². The lowest BCUT2D eigenvalue weighted by molar-refractivity contribution is -0.0549. The van der Waals surface area contributed by atoms with E-state index in [1.165, 1.54) is 0 Å². The van der Waals surface area contributed by atoms with E-state index >= 15 is 0 Å². The van der Waals surface area contributed by atoms with Crippen LogP contribution in [0.15, 0.2) is 10.2 Å². The molecule has 3 atom stereocenters. The van der Waals surface area contributed by atoms with Gasteiger partial charge in [0, 0.05) is 0 Å². The van der Waals surface area contributed by atoms with E-state index in [0.717, 1.165) is 6.21 Å². The summed E-state index contributed by atoms with van der Waals surface area (Å²) in [5.41, 5.74) is 14.4. The van der Waals surface area contributed by atoms with Gasteiger partial charge in [-0.25, -0.2) is 0 Å². The van der Waals surface area contributed by atoms with Gasteiger partial charge in [-0.05, 0) is 24.4 Å². The van der Waals surface area contributed by atoms with Gasteiger partial charge < -0.3 is 31.9 Å². The van der Waals surface area contributed by atoms with Crippen LogP contribution in [0, 0.1) is 0 Å². The van der Waals surface area contributed by atoms with Crippen molar-refractivity contribution in [1.29, 1.82) is 0 Å². The molecule has 0 heterocycles. The second-order valence-corrected chi connectivity index (χ2v) is 4.31. The van der Waals surface area contributed by atoms with Gasteiger partial charge in [-0.15, -0.1) is 0 Å². The Kier molecular flexibility index (Phi) is 8.78. The van der Waals surface area contributed by atoms with E-state index in [1.807, 2.05) is 0 Å². The van der Waals surface area contributed by atoms with Crippen molar-refractivity contribution in [2.24, 2.45) is 21.7 Å². The maximum Gasteiger partial charge on any atom is 0.184 e. The monoisotopic (exact) mass is 324 g/mol. The molecule has 10 nitrogen and oxygen atoms in total. The lowest BCUT2D eigenvalue weighted by Gasteiger charge is -2.21. The van der Waals surface area contributed by atoms with E-state index in [-0.39, 0.29) is 15.9 Å². The second kappa shape index (κ2) is 9.46. The van der Waals surface area contributed by atoms with Crippen molar-refractivity contribution in [3.8, 4) is 0 Å². The number of hydrogen-bond acceptors (Lipinski definition) is 8. The van der Waals surface area contributed by atoms with Gasteiger partial charge in [0.1, 0.15) is 24.0 Å². The van der Waals surface area contributed by atoms with Crippen LogP contribution in [0.3, 0.4) is 0 Å². The Morgan fingerprint density at radius 2 is 1.70 bits per heavy atom. The quantitative estimate of drug-likeness (QED) is 0.131. The van der Waals surface area contributed by atoms with Crippen LogP contribution in [0.2, 0.25) is 0 Å². The van der Waals surface area contributed by atoms with Crippen LogP contribution in [0.4, 0.5) is 0 Å². The van der Waals surface area contributed by atoms with Gasteiger partial charge in [0.25, 0.3) is 0 Å². The van der Waals surface area contributed by atoms with Crippen molar-refractivity contribution < 1.29 is 20.4 Å². The summed E-state index contributed by atoms with van der Waals surface area (Å²) >= 11 is 9.02. The minimum Gasteiger partial charge on any atom is -0.394 e. The summed E-state index contributed by atoms with van der Waals surface area (Å²) in [7, 11) is 0. The number of aliphatic hydroxyl groups is 4. The van der Waals surface area contributed by atoms with Crippen LogP contribution in [0.5, 0.6) is 0 Å². The molecule has 0 aliphatic rings. The maximum absolute atomic E-state index is 9.80. The summed E-state index contributed by atoms with van der Waals surface area (Å²) in [6, 6.07) is 0. The van der Waals surface area contributed by atoms with Gasteiger partial charge in [0.05, 0.1) is 12.8 Å². The van der Waals surface area contributed by atoms with Gasteiger partial charge in [0.15, 0.2) is 10.2 Å². The van der Waals surface area contributed by atoms with E-state index in [1.54, 1.807) is 0 Å². The van der Waals surface area contributed by atoms with Crippen LogP contribution in [-0.4, -0.2) is 67.5 Å². The smallest absolute Gasteiger partial charge is 0.184 e.